The summed E-state index contributed by atoms with van der Waals surface area (Å²) in [5.41, 5.74) is 1.56. The predicted octanol–water partition coefficient (Wildman–Crippen LogP) is 2.59. The van der Waals surface area contributed by atoms with Crippen LogP contribution >= 0.6 is 11.3 Å². The van der Waals surface area contributed by atoms with Crippen molar-refractivity contribution in [1.82, 2.24) is 25.8 Å². The van der Waals surface area contributed by atoms with Gasteiger partial charge in [0.15, 0.2) is 5.82 Å². The fourth-order valence-electron chi connectivity index (χ4n) is 2.61. The van der Waals surface area contributed by atoms with Gasteiger partial charge in [0.05, 0.1) is 0 Å². The van der Waals surface area contributed by atoms with Gasteiger partial charge in [0.2, 0.25) is 5.91 Å². The molecule has 0 aliphatic rings. The molecule has 3 rings (SSSR count). The highest BCUT2D eigenvalue weighted by Crippen LogP contribution is 2.19. The lowest BCUT2D eigenvalue weighted by Gasteiger charge is -2.16. The van der Waals surface area contributed by atoms with Gasteiger partial charge < -0.3 is 10.6 Å². The zero-order valence-corrected chi connectivity index (χ0v) is 15.8. The minimum Gasteiger partial charge on any atom is -0.352 e. The first-order chi connectivity index (χ1) is 13.1. The Morgan fingerprint density at radius 3 is 2.70 bits per heavy atom. The highest BCUT2D eigenvalue weighted by Gasteiger charge is 2.20. The molecule has 8 heteroatoms. The quantitative estimate of drug-likeness (QED) is 0.521. The summed E-state index contributed by atoms with van der Waals surface area (Å²) in [6.07, 6.45) is 0.854. The first-order valence-electron chi connectivity index (χ1n) is 8.67. The van der Waals surface area contributed by atoms with Gasteiger partial charge in [0, 0.05) is 23.9 Å². The van der Waals surface area contributed by atoms with Gasteiger partial charge in [-0.05, 0) is 30.4 Å². The molecule has 2 aromatic heterocycles. The van der Waals surface area contributed by atoms with Crippen molar-refractivity contribution in [2.75, 3.05) is 6.54 Å². The summed E-state index contributed by atoms with van der Waals surface area (Å²) in [5, 5.41) is 16.5. The van der Waals surface area contributed by atoms with Crippen molar-refractivity contribution < 1.29 is 9.59 Å². The van der Waals surface area contributed by atoms with Gasteiger partial charge >= 0.3 is 0 Å². The minimum absolute atomic E-state index is 0.115. The Morgan fingerprint density at radius 1 is 1.22 bits per heavy atom. The van der Waals surface area contributed by atoms with Crippen LogP contribution in [-0.2, 0) is 4.79 Å². The zero-order valence-electron chi connectivity index (χ0n) is 14.9. The average Bonchev–Trinajstić information content (AvgIpc) is 3.36. The maximum atomic E-state index is 12.4. The number of hydrogen-bond acceptors (Lipinski definition) is 5. The van der Waals surface area contributed by atoms with E-state index in [1.54, 1.807) is 11.4 Å². The average molecular weight is 383 g/mol. The second-order valence-electron chi connectivity index (χ2n) is 6.06. The second kappa shape index (κ2) is 9.09. The van der Waals surface area contributed by atoms with E-state index < -0.39 is 6.04 Å². The monoisotopic (exact) mass is 383 g/mol. The van der Waals surface area contributed by atoms with Gasteiger partial charge in [0.25, 0.3) is 5.91 Å². The van der Waals surface area contributed by atoms with Gasteiger partial charge in [-0.3, -0.25) is 14.7 Å². The Bertz CT molecular complexity index is 877. The topological polar surface area (TPSA) is 99.8 Å². The molecule has 3 aromatic rings. The summed E-state index contributed by atoms with van der Waals surface area (Å²) < 4.78 is 0. The number of thiophene rings is 1. The molecule has 1 atom stereocenters. The van der Waals surface area contributed by atoms with Crippen molar-refractivity contribution in [3.63, 3.8) is 0 Å². The number of nitrogens with zero attached hydrogens (tertiary/aromatic N) is 2. The first-order valence-corrected chi connectivity index (χ1v) is 9.61. The molecule has 140 valence electrons. The Kier molecular flexibility index (Phi) is 6.32. The zero-order chi connectivity index (χ0) is 19.1. The van der Waals surface area contributed by atoms with Crippen molar-refractivity contribution in [2.45, 2.75) is 25.8 Å². The minimum atomic E-state index is -0.413. The Labute approximate surface area is 161 Å². The predicted molar refractivity (Wildman–Crippen MR) is 103 cm³/mol. The molecule has 0 bridgehead atoms. The number of carbonyl (C=O) groups is 2. The number of aryl methyl sites for hydroxylation is 1. The van der Waals surface area contributed by atoms with Crippen LogP contribution in [-0.4, -0.2) is 33.5 Å². The molecule has 3 N–H and O–H groups in total. The Balaban J connectivity index is 1.53. The Morgan fingerprint density at radius 2 is 2.04 bits per heavy atom. The fraction of sp³-hybridized carbons (Fsp3) is 0.263. The van der Waals surface area contributed by atoms with E-state index in [0.29, 0.717) is 36.6 Å². The van der Waals surface area contributed by atoms with Crippen LogP contribution in [0.2, 0.25) is 0 Å². The molecule has 0 radical (unpaired) electrons. The highest BCUT2D eigenvalue weighted by molar-refractivity contribution is 7.08. The third kappa shape index (κ3) is 5.24. The van der Waals surface area contributed by atoms with E-state index >= 15 is 0 Å². The van der Waals surface area contributed by atoms with E-state index in [2.05, 4.69) is 25.8 Å². The smallest absolute Gasteiger partial charge is 0.252 e. The van der Waals surface area contributed by atoms with Crippen LogP contribution < -0.4 is 10.6 Å². The van der Waals surface area contributed by atoms with Gasteiger partial charge in [0.1, 0.15) is 11.9 Å². The summed E-state index contributed by atoms with van der Waals surface area (Å²) >= 11 is 1.48. The van der Waals surface area contributed by atoms with E-state index in [0.717, 1.165) is 5.56 Å². The number of aromatic nitrogens is 3. The molecule has 27 heavy (non-hydrogen) atoms. The molecule has 0 fully saturated rings. The molecule has 7 nitrogen and oxygen atoms in total. The van der Waals surface area contributed by atoms with Crippen LogP contribution in [0.3, 0.4) is 0 Å². The van der Waals surface area contributed by atoms with E-state index in [-0.39, 0.29) is 11.8 Å². The second-order valence-corrected chi connectivity index (χ2v) is 6.84. The third-order valence-corrected chi connectivity index (χ3v) is 4.64. The van der Waals surface area contributed by atoms with Gasteiger partial charge in [-0.1, -0.05) is 30.3 Å². The first kappa shape index (κ1) is 18.8. The van der Waals surface area contributed by atoms with Gasteiger partial charge in [-0.2, -0.15) is 16.4 Å². The van der Waals surface area contributed by atoms with Crippen LogP contribution in [0.25, 0.3) is 0 Å². The van der Waals surface area contributed by atoms with Crippen molar-refractivity contribution in [1.29, 1.82) is 0 Å². The maximum absolute atomic E-state index is 12.4. The van der Waals surface area contributed by atoms with Crippen molar-refractivity contribution in [2.24, 2.45) is 0 Å². The lowest BCUT2D eigenvalue weighted by Crippen LogP contribution is -2.31. The van der Waals surface area contributed by atoms with Crippen LogP contribution in [0, 0.1) is 6.92 Å². The molecule has 1 unspecified atom stereocenters. The normalized spacial score (nSPS) is 11.7. The largest absolute Gasteiger partial charge is 0.352 e. The summed E-state index contributed by atoms with van der Waals surface area (Å²) in [6, 6.07) is 11.0. The fourth-order valence-corrected chi connectivity index (χ4v) is 3.25. The standard InChI is InChI=1S/C19H21N5O2S/c1-13-21-18(24-23-13)17(14-6-3-2-4-7-14)22-16(25)8-5-10-20-19(26)15-9-11-27-12-15/h2-4,6-7,9,11-12,17H,5,8,10H2,1H3,(H,20,26)(H,22,25)(H,21,23,24). The maximum Gasteiger partial charge on any atom is 0.252 e. The molecular formula is C19H21N5O2S. The number of hydrogen-bond donors (Lipinski definition) is 3. The molecule has 0 aliphatic carbocycles. The number of rotatable bonds is 8. The number of nitrogens with one attached hydrogen (secondary N) is 3. The molecular weight excluding hydrogens is 362 g/mol. The van der Waals surface area contributed by atoms with E-state index in [1.807, 2.05) is 42.6 Å². The van der Waals surface area contributed by atoms with E-state index in [1.165, 1.54) is 11.3 Å². The van der Waals surface area contributed by atoms with Crippen LogP contribution in [0.1, 0.15) is 46.5 Å². The third-order valence-electron chi connectivity index (χ3n) is 3.96. The van der Waals surface area contributed by atoms with Crippen molar-refractivity contribution >= 4 is 23.2 Å². The number of H-pyrrole nitrogens is 1. The van der Waals surface area contributed by atoms with Crippen molar-refractivity contribution in [3.05, 3.63) is 69.9 Å². The number of benzene rings is 1. The summed E-state index contributed by atoms with van der Waals surface area (Å²) in [5.74, 6) is 0.986. The summed E-state index contributed by atoms with van der Waals surface area (Å²) in [7, 11) is 0. The van der Waals surface area contributed by atoms with Crippen LogP contribution in [0.15, 0.2) is 47.2 Å². The van der Waals surface area contributed by atoms with Gasteiger partial charge in [-0.15, -0.1) is 0 Å². The molecule has 2 heterocycles. The number of amides is 2. The van der Waals surface area contributed by atoms with Gasteiger partial charge in [-0.25, -0.2) is 4.98 Å². The molecule has 0 aliphatic heterocycles. The molecule has 0 saturated carbocycles. The number of aromatic amines is 1. The molecule has 0 saturated heterocycles. The molecule has 0 spiro atoms. The van der Waals surface area contributed by atoms with Crippen molar-refractivity contribution in [3.8, 4) is 0 Å². The lowest BCUT2D eigenvalue weighted by molar-refractivity contribution is -0.121. The van der Waals surface area contributed by atoms with E-state index in [9.17, 15) is 9.59 Å². The SMILES string of the molecule is Cc1nc(C(NC(=O)CCCNC(=O)c2ccsc2)c2ccccc2)n[nH]1. The number of carbonyl (C=O) groups excluding carboxylic acids is 2. The molecule has 2 amide bonds. The van der Waals surface area contributed by atoms with Crippen LogP contribution in [0.5, 0.6) is 0 Å². The highest BCUT2D eigenvalue weighted by atomic mass is 32.1. The summed E-state index contributed by atoms with van der Waals surface area (Å²) in [6.45, 7) is 2.26. The van der Waals surface area contributed by atoms with Crippen LogP contribution in [0.4, 0.5) is 0 Å². The Hall–Kier alpha value is -3.00. The molecule has 1 aromatic carbocycles. The summed E-state index contributed by atoms with van der Waals surface area (Å²) in [4.78, 5) is 28.6. The lowest BCUT2D eigenvalue weighted by atomic mass is 10.1. The van der Waals surface area contributed by atoms with E-state index in [4.69, 9.17) is 0 Å².